The number of sulfonamides is 1. The van der Waals surface area contributed by atoms with Gasteiger partial charge in [0, 0.05) is 11.9 Å². The fraction of sp³-hybridized carbons (Fsp3) is 0.300. The van der Waals surface area contributed by atoms with E-state index in [1.54, 1.807) is 0 Å². The molecule has 40 heavy (non-hydrogen) atoms. The van der Waals surface area contributed by atoms with Gasteiger partial charge in [-0.1, -0.05) is 12.1 Å². The summed E-state index contributed by atoms with van der Waals surface area (Å²) in [6.45, 7) is 2.87. The van der Waals surface area contributed by atoms with E-state index in [-0.39, 0.29) is 5.69 Å². The number of alkyl halides is 3. The molecule has 0 aliphatic rings. The lowest BCUT2D eigenvalue weighted by atomic mass is 10.1. The van der Waals surface area contributed by atoms with Gasteiger partial charge in [-0.05, 0) is 43.3 Å². The van der Waals surface area contributed by atoms with E-state index in [2.05, 4.69) is 9.88 Å². The SMILES string of the molecule is Cc1ccc(NS(=O)(=O)c2ccccc2S(C)(=O)=O)c(=O)n1C(C(N)=O)C(C)ON=C(N)N.O=C(O)C(F)(F)F. The van der Waals surface area contributed by atoms with Crippen molar-refractivity contribution in [1.82, 2.24) is 4.57 Å². The molecule has 222 valence electrons. The Morgan fingerprint density at radius 2 is 1.55 bits per heavy atom. The fourth-order valence-electron chi connectivity index (χ4n) is 3.02. The van der Waals surface area contributed by atoms with Gasteiger partial charge in [0.2, 0.25) is 11.9 Å². The molecule has 0 aliphatic carbocycles. The summed E-state index contributed by atoms with van der Waals surface area (Å²) >= 11 is 0. The molecule has 0 aliphatic heterocycles. The number of aryl methyl sites for hydroxylation is 1. The molecule has 2 rings (SSSR count). The number of anilines is 1. The molecule has 0 radical (unpaired) electrons. The van der Waals surface area contributed by atoms with Crippen LogP contribution in [0.2, 0.25) is 0 Å². The first kappa shape index (κ1) is 33.7. The summed E-state index contributed by atoms with van der Waals surface area (Å²) in [6.07, 6.45) is -5.34. The van der Waals surface area contributed by atoms with Gasteiger partial charge in [-0.2, -0.15) is 13.2 Å². The summed E-state index contributed by atoms with van der Waals surface area (Å²) in [5, 5.41) is 10.5. The van der Waals surface area contributed by atoms with Crippen LogP contribution in [-0.4, -0.2) is 62.9 Å². The maximum Gasteiger partial charge on any atom is 0.490 e. The third-order valence-electron chi connectivity index (χ3n) is 4.68. The van der Waals surface area contributed by atoms with E-state index < -0.39 is 77.1 Å². The Bertz CT molecular complexity index is 1570. The summed E-state index contributed by atoms with van der Waals surface area (Å²) in [4.78, 5) is 38.2. The summed E-state index contributed by atoms with van der Waals surface area (Å²) < 4.78 is 84.7. The van der Waals surface area contributed by atoms with Crippen LogP contribution in [0, 0.1) is 6.92 Å². The van der Waals surface area contributed by atoms with Crippen LogP contribution in [0.4, 0.5) is 18.9 Å². The van der Waals surface area contributed by atoms with Crippen LogP contribution in [0.15, 0.2) is 56.1 Å². The molecule has 15 nitrogen and oxygen atoms in total. The normalized spacial score (nSPS) is 13.2. The average Bonchev–Trinajstić information content (AvgIpc) is 2.81. The maximum atomic E-state index is 13.1. The minimum Gasteiger partial charge on any atom is -0.475 e. The number of primary amides is 1. The number of hydrogen-bond acceptors (Lipinski definition) is 9. The number of pyridine rings is 1. The maximum absolute atomic E-state index is 13.1. The van der Waals surface area contributed by atoms with Crippen LogP contribution in [-0.2, 0) is 34.3 Å². The molecule has 0 fully saturated rings. The topological polar surface area (TPSA) is 256 Å². The monoisotopic (exact) mass is 614 g/mol. The van der Waals surface area contributed by atoms with E-state index in [1.807, 2.05) is 0 Å². The number of nitrogens with zero attached hydrogens (tertiary/aromatic N) is 2. The van der Waals surface area contributed by atoms with Crippen LogP contribution in [0.25, 0.3) is 0 Å². The van der Waals surface area contributed by atoms with Crippen molar-refractivity contribution in [3.05, 3.63) is 52.4 Å². The lowest BCUT2D eigenvalue weighted by molar-refractivity contribution is -0.192. The first-order chi connectivity index (χ1) is 18.1. The number of rotatable bonds is 9. The number of aliphatic carboxylic acids is 1. The number of sulfone groups is 1. The molecule has 0 saturated heterocycles. The van der Waals surface area contributed by atoms with Crippen LogP contribution in [0.5, 0.6) is 0 Å². The number of oxime groups is 1. The Morgan fingerprint density at radius 1 is 1.05 bits per heavy atom. The van der Waals surface area contributed by atoms with Crippen molar-refractivity contribution in [3.63, 3.8) is 0 Å². The minimum absolute atomic E-state index is 0.253. The third-order valence-corrected chi connectivity index (χ3v) is 7.39. The molecule has 1 aromatic heterocycles. The van der Waals surface area contributed by atoms with E-state index in [1.165, 1.54) is 38.1 Å². The van der Waals surface area contributed by atoms with Gasteiger partial charge in [0.15, 0.2) is 22.0 Å². The Hall–Kier alpha value is -4.33. The summed E-state index contributed by atoms with van der Waals surface area (Å²) in [7, 11) is -8.41. The molecule has 1 amide bonds. The Balaban J connectivity index is 0.00000101. The van der Waals surface area contributed by atoms with E-state index in [9.17, 15) is 39.6 Å². The summed E-state index contributed by atoms with van der Waals surface area (Å²) in [5.74, 6) is -4.16. The van der Waals surface area contributed by atoms with Crippen LogP contribution < -0.4 is 27.5 Å². The first-order valence-corrected chi connectivity index (χ1v) is 13.9. The van der Waals surface area contributed by atoms with Crippen molar-refractivity contribution in [1.29, 1.82) is 0 Å². The highest BCUT2D eigenvalue weighted by molar-refractivity contribution is 7.95. The molecule has 2 aromatic rings. The highest BCUT2D eigenvalue weighted by Crippen LogP contribution is 2.23. The average molecular weight is 615 g/mol. The standard InChI is InChI=1S/C18H24N6O7S2.C2HF3O2/c1-10-8-9-12(17(26)24(10)15(16(19)25)11(2)31-22-18(20)21)23-33(29,30)14-7-5-4-6-13(14)32(3,27)28;3-2(4,5)1(6)7/h4-9,11,15,23H,1-3H3,(H2,19,25)(H4,20,21,22);(H,6,7). The number of carboxylic acids is 1. The predicted octanol–water partition coefficient (Wildman–Crippen LogP) is -0.386. The van der Waals surface area contributed by atoms with Gasteiger partial charge in [0.25, 0.3) is 15.6 Å². The number of benzene rings is 1. The van der Waals surface area contributed by atoms with Gasteiger partial charge in [-0.15, -0.1) is 0 Å². The van der Waals surface area contributed by atoms with Crippen LogP contribution in [0.3, 0.4) is 0 Å². The quantitative estimate of drug-likeness (QED) is 0.138. The predicted molar refractivity (Wildman–Crippen MR) is 134 cm³/mol. The lowest BCUT2D eigenvalue weighted by Gasteiger charge is -2.24. The number of carbonyl (C=O) groups is 2. The molecular formula is C20H25F3N6O9S2. The molecule has 0 saturated carbocycles. The zero-order valence-electron chi connectivity index (χ0n) is 20.9. The number of nitrogens with two attached hydrogens (primary N) is 3. The van der Waals surface area contributed by atoms with Gasteiger partial charge < -0.3 is 27.1 Å². The van der Waals surface area contributed by atoms with Gasteiger partial charge >= 0.3 is 12.1 Å². The van der Waals surface area contributed by atoms with E-state index in [4.69, 9.17) is 31.9 Å². The summed E-state index contributed by atoms with van der Waals surface area (Å²) in [5.41, 5.74) is 14.7. The van der Waals surface area contributed by atoms with E-state index >= 15 is 0 Å². The number of amides is 1. The zero-order chi connectivity index (χ0) is 31.2. The molecule has 0 spiro atoms. The van der Waals surface area contributed by atoms with E-state index in [0.717, 1.165) is 23.0 Å². The molecule has 1 aromatic carbocycles. The highest BCUT2D eigenvalue weighted by atomic mass is 32.2. The Labute approximate surface area is 225 Å². The first-order valence-electron chi connectivity index (χ1n) is 10.5. The van der Waals surface area contributed by atoms with Gasteiger partial charge in [0.1, 0.15) is 10.6 Å². The number of carbonyl (C=O) groups excluding carboxylic acids is 1. The number of hydrogen-bond donors (Lipinski definition) is 5. The van der Waals surface area contributed by atoms with Crippen LogP contribution in [0.1, 0.15) is 18.7 Å². The van der Waals surface area contributed by atoms with Crippen molar-refractivity contribution < 1.29 is 49.5 Å². The van der Waals surface area contributed by atoms with Crippen molar-refractivity contribution in [2.24, 2.45) is 22.4 Å². The zero-order valence-corrected chi connectivity index (χ0v) is 22.5. The smallest absolute Gasteiger partial charge is 0.475 e. The molecular weight excluding hydrogens is 589 g/mol. The van der Waals surface area contributed by atoms with Crippen LogP contribution >= 0.6 is 0 Å². The lowest BCUT2D eigenvalue weighted by Crippen LogP contribution is -2.42. The van der Waals surface area contributed by atoms with Gasteiger partial charge in [-0.3, -0.25) is 18.9 Å². The largest absolute Gasteiger partial charge is 0.490 e. The van der Waals surface area contributed by atoms with Gasteiger partial charge in [-0.25, -0.2) is 21.6 Å². The van der Waals surface area contributed by atoms with Crippen molar-refractivity contribution in [2.45, 2.75) is 42.0 Å². The highest BCUT2D eigenvalue weighted by Gasteiger charge is 2.38. The molecule has 1 heterocycles. The number of halogens is 3. The second-order valence-electron chi connectivity index (χ2n) is 7.86. The van der Waals surface area contributed by atoms with Crippen molar-refractivity contribution in [3.8, 4) is 0 Å². The molecule has 20 heteroatoms. The van der Waals surface area contributed by atoms with Crippen molar-refractivity contribution in [2.75, 3.05) is 11.0 Å². The number of nitrogens with one attached hydrogen (secondary N) is 1. The van der Waals surface area contributed by atoms with E-state index in [0.29, 0.717) is 0 Å². The second kappa shape index (κ2) is 12.7. The number of carboxylic acid groups (broad SMARTS) is 1. The number of guanidine groups is 1. The fourth-order valence-corrected chi connectivity index (χ4v) is 5.71. The molecule has 8 N–H and O–H groups in total. The molecule has 0 bridgehead atoms. The van der Waals surface area contributed by atoms with Crippen molar-refractivity contribution >= 4 is 43.4 Å². The molecule has 2 atom stereocenters. The van der Waals surface area contributed by atoms with Gasteiger partial charge in [0.05, 0.1) is 4.90 Å². The second-order valence-corrected chi connectivity index (χ2v) is 11.5. The number of aromatic nitrogens is 1. The minimum atomic E-state index is -5.08. The third kappa shape index (κ3) is 8.86. The summed E-state index contributed by atoms with van der Waals surface area (Å²) in [6, 6.07) is 6.05. The Morgan fingerprint density at radius 3 is 1.98 bits per heavy atom. The molecule has 2 unspecified atom stereocenters. The Kier molecular flexibility index (Phi) is 10.7.